The van der Waals surface area contributed by atoms with Crippen molar-refractivity contribution in [3.05, 3.63) is 58.3 Å². The summed E-state index contributed by atoms with van der Waals surface area (Å²) in [5, 5.41) is 12.5. The van der Waals surface area contributed by atoms with E-state index >= 15 is 0 Å². The van der Waals surface area contributed by atoms with E-state index < -0.39 is 18.5 Å². The van der Waals surface area contributed by atoms with Crippen molar-refractivity contribution in [2.45, 2.75) is 0 Å². The number of aromatic nitrogens is 1. The van der Waals surface area contributed by atoms with E-state index in [2.05, 4.69) is 31.4 Å². The largest absolute Gasteiger partial charge is 0.481 e. The van der Waals surface area contributed by atoms with Gasteiger partial charge in [0.25, 0.3) is 5.91 Å². The van der Waals surface area contributed by atoms with Gasteiger partial charge in [-0.2, -0.15) is 5.10 Å². The Hall–Kier alpha value is -2.74. The molecule has 1 heterocycles. The molecule has 0 spiro atoms. The van der Waals surface area contributed by atoms with Gasteiger partial charge < -0.3 is 9.84 Å². The van der Waals surface area contributed by atoms with Crippen molar-refractivity contribution >= 4 is 34.0 Å². The average molecular weight is 378 g/mol. The quantitative estimate of drug-likeness (QED) is 0.592. The molecule has 7 nitrogen and oxygen atoms in total. The SMILES string of the molecule is O=C(O)COc1ccccc1/C=N\NC(=O)c1cncc(Br)c1. The summed E-state index contributed by atoms with van der Waals surface area (Å²) in [6.45, 7) is -0.457. The van der Waals surface area contributed by atoms with Crippen molar-refractivity contribution in [3.63, 3.8) is 0 Å². The third-order valence-corrected chi connectivity index (χ3v) is 3.04. The van der Waals surface area contributed by atoms with Gasteiger partial charge in [-0.25, -0.2) is 10.2 Å². The van der Waals surface area contributed by atoms with E-state index in [0.717, 1.165) is 0 Å². The number of ether oxygens (including phenoxy) is 1. The monoisotopic (exact) mass is 377 g/mol. The topological polar surface area (TPSA) is 101 Å². The number of hydrogen-bond acceptors (Lipinski definition) is 5. The lowest BCUT2D eigenvalue weighted by molar-refractivity contribution is -0.139. The highest BCUT2D eigenvalue weighted by atomic mass is 79.9. The number of nitrogens with one attached hydrogen (secondary N) is 1. The molecule has 8 heteroatoms. The van der Waals surface area contributed by atoms with E-state index in [1.165, 1.54) is 12.4 Å². The Bertz CT molecular complexity index is 749. The zero-order valence-electron chi connectivity index (χ0n) is 11.8. The van der Waals surface area contributed by atoms with Gasteiger partial charge in [0.1, 0.15) is 5.75 Å². The maximum absolute atomic E-state index is 11.9. The number of para-hydroxylation sites is 1. The van der Waals surface area contributed by atoms with E-state index in [-0.39, 0.29) is 0 Å². The predicted molar refractivity (Wildman–Crippen MR) is 86.6 cm³/mol. The summed E-state index contributed by atoms with van der Waals surface area (Å²) < 4.78 is 5.82. The molecule has 0 unspecified atom stereocenters. The Labute approximate surface area is 140 Å². The minimum Gasteiger partial charge on any atom is -0.481 e. The van der Waals surface area contributed by atoms with E-state index in [1.807, 2.05) is 0 Å². The van der Waals surface area contributed by atoms with Crippen LogP contribution < -0.4 is 10.2 Å². The van der Waals surface area contributed by atoms with Crippen LogP contribution in [-0.2, 0) is 4.79 Å². The minimum atomic E-state index is -1.08. The maximum atomic E-state index is 11.9. The molecule has 0 aliphatic heterocycles. The van der Waals surface area contributed by atoms with Crippen LogP contribution in [0.3, 0.4) is 0 Å². The molecule has 0 saturated carbocycles. The Kier molecular flexibility index (Phi) is 5.81. The molecule has 0 aliphatic rings. The highest BCUT2D eigenvalue weighted by molar-refractivity contribution is 9.10. The van der Waals surface area contributed by atoms with Crippen LogP contribution in [0.2, 0.25) is 0 Å². The smallest absolute Gasteiger partial charge is 0.341 e. The molecule has 1 aromatic heterocycles. The lowest BCUT2D eigenvalue weighted by atomic mass is 10.2. The van der Waals surface area contributed by atoms with Gasteiger partial charge in [-0.05, 0) is 34.1 Å². The van der Waals surface area contributed by atoms with Crippen molar-refractivity contribution < 1.29 is 19.4 Å². The molecule has 2 aromatic rings. The lowest BCUT2D eigenvalue weighted by Gasteiger charge is -2.06. The number of halogens is 1. The summed E-state index contributed by atoms with van der Waals surface area (Å²) in [7, 11) is 0. The number of hydrogen-bond donors (Lipinski definition) is 2. The fourth-order valence-corrected chi connectivity index (χ4v) is 1.98. The molecule has 0 fully saturated rings. The molecule has 2 N–H and O–H groups in total. The molecular weight excluding hydrogens is 366 g/mol. The summed E-state index contributed by atoms with van der Waals surface area (Å²) >= 11 is 3.23. The standard InChI is InChI=1S/C15H12BrN3O4/c16-12-5-11(6-17-8-12)15(22)19-18-7-10-3-1-2-4-13(10)23-9-14(20)21/h1-8H,9H2,(H,19,22)(H,20,21)/b18-7-. The van der Waals surface area contributed by atoms with Crippen LogP contribution in [0.5, 0.6) is 5.75 Å². The minimum absolute atomic E-state index is 0.354. The van der Waals surface area contributed by atoms with Gasteiger partial charge in [0.2, 0.25) is 0 Å². The molecule has 118 valence electrons. The molecule has 0 bridgehead atoms. The van der Waals surface area contributed by atoms with Gasteiger partial charge in [0, 0.05) is 22.4 Å². The third-order valence-electron chi connectivity index (χ3n) is 2.61. The van der Waals surface area contributed by atoms with Gasteiger partial charge in [0.15, 0.2) is 6.61 Å². The zero-order valence-corrected chi connectivity index (χ0v) is 13.4. The Morgan fingerprint density at radius 1 is 1.35 bits per heavy atom. The van der Waals surface area contributed by atoms with Gasteiger partial charge in [-0.1, -0.05) is 12.1 Å². The molecule has 0 aliphatic carbocycles. The number of pyridine rings is 1. The van der Waals surface area contributed by atoms with Crippen LogP contribution >= 0.6 is 15.9 Å². The number of carbonyl (C=O) groups is 2. The van der Waals surface area contributed by atoms with E-state index in [1.54, 1.807) is 36.5 Å². The van der Waals surface area contributed by atoms with Crippen LogP contribution in [-0.4, -0.2) is 34.8 Å². The number of nitrogens with zero attached hydrogens (tertiary/aromatic N) is 2. The van der Waals surface area contributed by atoms with Gasteiger partial charge >= 0.3 is 5.97 Å². The molecule has 23 heavy (non-hydrogen) atoms. The summed E-state index contributed by atoms with van der Waals surface area (Å²) in [6.07, 6.45) is 4.36. The van der Waals surface area contributed by atoms with E-state index in [9.17, 15) is 9.59 Å². The second-order valence-corrected chi connectivity index (χ2v) is 5.23. The van der Waals surface area contributed by atoms with Crippen LogP contribution in [0.1, 0.15) is 15.9 Å². The van der Waals surface area contributed by atoms with Crippen LogP contribution in [0.25, 0.3) is 0 Å². The Morgan fingerprint density at radius 3 is 2.87 bits per heavy atom. The first-order chi connectivity index (χ1) is 11.1. The summed E-state index contributed by atoms with van der Waals surface area (Å²) in [6, 6.07) is 8.37. The molecule has 0 atom stereocenters. The van der Waals surface area contributed by atoms with Gasteiger partial charge in [-0.3, -0.25) is 9.78 Å². The molecule has 0 saturated heterocycles. The first-order valence-corrected chi connectivity index (χ1v) is 7.23. The normalized spacial score (nSPS) is 10.5. The Morgan fingerprint density at radius 2 is 2.13 bits per heavy atom. The molecule has 0 radical (unpaired) electrons. The fraction of sp³-hybridized carbons (Fsp3) is 0.0667. The number of hydrazone groups is 1. The number of rotatable bonds is 6. The van der Waals surface area contributed by atoms with Crippen LogP contribution in [0.15, 0.2) is 52.3 Å². The van der Waals surface area contributed by atoms with Crippen molar-refractivity contribution in [1.29, 1.82) is 0 Å². The first kappa shape index (κ1) is 16.6. The number of carboxylic acid groups (broad SMARTS) is 1. The van der Waals surface area contributed by atoms with E-state index in [4.69, 9.17) is 9.84 Å². The van der Waals surface area contributed by atoms with Gasteiger partial charge in [0.05, 0.1) is 11.8 Å². The third kappa shape index (κ3) is 5.19. The number of carbonyl (C=O) groups excluding carboxylic acids is 1. The molecular formula is C15H12BrN3O4. The van der Waals surface area contributed by atoms with Crippen molar-refractivity contribution in [1.82, 2.24) is 10.4 Å². The molecule has 2 rings (SSSR count). The van der Waals surface area contributed by atoms with Crippen molar-refractivity contribution in [2.75, 3.05) is 6.61 Å². The van der Waals surface area contributed by atoms with Crippen molar-refractivity contribution in [3.8, 4) is 5.75 Å². The maximum Gasteiger partial charge on any atom is 0.341 e. The lowest BCUT2D eigenvalue weighted by Crippen LogP contribution is -2.18. The number of aliphatic carboxylic acids is 1. The number of benzene rings is 1. The highest BCUT2D eigenvalue weighted by Crippen LogP contribution is 2.15. The molecule has 1 aromatic carbocycles. The second-order valence-electron chi connectivity index (χ2n) is 4.31. The van der Waals surface area contributed by atoms with Gasteiger partial charge in [-0.15, -0.1) is 0 Å². The zero-order chi connectivity index (χ0) is 16.7. The predicted octanol–water partition coefficient (Wildman–Crippen LogP) is 2.07. The highest BCUT2D eigenvalue weighted by Gasteiger charge is 2.06. The number of amides is 1. The molecule has 1 amide bonds. The Balaban J connectivity index is 2.03. The first-order valence-electron chi connectivity index (χ1n) is 6.44. The van der Waals surface area contributed by atoms with Crippen LogP contribution in [0.4, 0.5) is 0 Å². The average Bonchev–Trinajstić information content (AvgIpc) is 2.53. The summed E-state index contributed by atoms with van der Waals surface area (Å²) in [5.41, 5.74) is 3.26. The van der Waals surface area contributed by atoms with E-state index in [0.29, 0.717) is 21.3 Å². The second kappa shape index (κ2) is 8.04. The van der Waals surface area contributed by atoms with Crippen LogP contribution in [0, 0.1) is 0 Å². The number of carboxylic acids is 1. The van der Waals surface area contributed by atoms with Crippen molar-refractivity contribution in [2.24, 2.45) is 5.10 Å². The summed E-state index contributed by atoms with van der Waals surface area (Å²) in [4.78, 5) is 26.3. The fourth-order valence-electron chi connectivity index (χ4n) is 1.62. The summed E-state index contributed by atoms with van der Waals surface area (Å²) in [5.74, 6) is -1.14.